The molecule has 0 aliphatic heterocycles. The Morgan fingerprint density at radius 1 is 0.926 bits per heavy atom. The van der Waals surface area contributed by atoms with E-state index in [1.165, 1.54) is 14.2 Å². The monoisotopic (exact) mass is 361 g/mol. The highest BCUT2D eigenvalue weighted by Gasteiger charge is 2.14. The topological polar surface area (TPSA) is 80.3 Å². The third kappa shape index (κ3) is 2.95. The molecule has 0 fully saturated rings. The van der Waals surface area contributed by atoms with Crippen LogP contribution in [0.25, 0.3) is 33.4 Å². The second-order valence-electron chi connectivity index (χ2n) is 6.26. The first-order valence-corrected chi connectivity index (χ1v) is 8.47. The normalized spacial score (nSPS) is 10.9. The minimum Gasteiger partial charge on any atom is -0.502 e. The smallest absolute Gasteiger partial charge is 0.200 e. The first-order valence-electron chi connectivity index (χ1n) is 8.47. The van der Waals surface area contributed by atoms with Crippen LogP contribution in [0.4, 0.5) is 0 Å². The number of phenols is 1. The molecule has 4 rings (SSSR count). The summed E-state index contributed by atoms with van der Waals surface area (Å²) < 4.78 is 10.5. The van der Waals surface area contributed by atoms with Crippen LogP contribution in [0.15, 0.2) is 48.7 Å². The lowest BCUT2D eigenvalue weighted by Gasteiger charge is -2.12. The predicted octanol–water partition coefficient (Wildman–Crippen LogP) is 4.32. The van der Waals surface area contributed by atoms with Gasteiger partial charge in [0.05, 0.1) is 31.1 Å². The van der Waals surface area contributed by atoms with E-state index in [2.05, 4.69) is 29.3 Å². The van der Waals surface area contributed by atoms with Gasteiger partial charge >= 0.3 is 0 Å². The molecule has 2 heterocycles. The molecule has 6 nitrogen and oxygen atoms in total. The average Bonchev–Trinajstić information content (AvgIpc) is 3.22. The molecule has 0 amide bonds. The zero-order valence-corrected chi connectivity index (χ0v) is 15.3. The second-order valence-corrected chi connectivity index (χ2v) is 6.26. The van der Waals surface area contributed by atoms with E-state index < -0.39 is 0 Å². The Morgan fingerprint density at radius 2 is 1.67 bits per heavy atom. The minimum absolute atomic E-state index is 0.0252. The number of benzene rings is 2. The van der Waals surface area contributed by atoms with Gasteiger partial charge in [-0.2, -0.15) is 5.10 Å². The molecule has 27 heavy (non-hydrogen) atoms. The maximum Gasteiger partial charge on any atom is 0.200 e. The number of fused-ring (bicyclic) bond motifs is 1. The van der Waals surface area contributed by atoms with Crippen LogP contribution >= 0.6 is 0 Å². The van der Waals surface area contributed by atoms with Gasteiger partial charge in [0.2, 0.25) is 5.75 Å². The third-order valence-electron chi connectivity index (χ3n) is 4.60. The lowest BCUT2D eigenvalue weighted by Crippen LogP contribution is -1.93. The molecule has 2 N–H and O–H groups in total. The largest absolute Gasteiger partial charge is 0.502 e. The van der Waals surface area contributed by atoms with E-state index in [1.54, 1.807) is 18.3 Å². The van der Waals surface area contributed by atoms with E-state index in [4.69, 9.17) is 14.5 Å². The van der Waals surface area contributed by atoms with Gasteiger partial charge in [-0.3, -0.25) is 5.10 Å². The van der Waals surface area contributed by atoms with Gasteiger partial charge in [-0.05, 0) is 42.8 Å². The summed E-state index contributed by atoms with van der Waals surface area (Å²) in [5.41, 5.74) is 5.52. The van der Waals surface area contributed by atoms with Crippen molar-refractivity contribution in [2.24, 2.45) is 0 Å². The number of methoxy groups -OCH3 is 2. The molecule has 0 unspecified atom stereocenters. The molecule has 4 aromatic rings. The van der Waals surface area contributed by atoms with E-state index in [9.17, 15) is 5.11 Å². The Balaban J connectivity index is 1.90. The van der Waals surface area contributed by atoms with E-state index in [0.29, 0.717) is 11.5 Å². The van der Waals surface area contributed by atoms with Crippen molar-refractivity contribution in [2.45, 2.75) is 6.92 Å². The summed E-state index contributed by atoms with van der Waals surface area (Å²) in [5, 5.41) is 18.2. The van der Waals surface area contributed by atoms with Crippen molar-refractivity contribution in [3.8, 4) is 39.8 Å². The summed E-state index contributed by atoms with van der Waals surface area (Å²) in [5.74, 6) is 0.660. The number of aromatic amines is 1. The van der Waals surface area contributed by atoms with E-state index >= 15 is 0 Å². The number of rotatable bonds is 4. The number of nitrogens with one attached hydrogen (secondary N) is 1. The Bertz CT molecular complexity index is 1100. The van der Waals surface area contributed by atoms with Crippen molar-refractivity contribution in [3.05, 3.63) is 54.2 Å². The lowest BCUT2D eigenvalue weighted by atomic mass is 10.0. The van der Waals surface area contributed by atoms with Gasteiger partial charge in [-0.15, -0.1) is 0 Å². The van der Waals surface area contributed by atoms with Crippen LogP contribution in [0.5, 0.6) is 17.2 Å². The number of aryl methyl sites for hydroxylation is 1. The summed E-state index contributed by atoms with van der Waals surface area (Å²) >= 11 is 0. The highest BCUT2D eigenvalue weighted by Crippen LogP contribution is 2.40. The molecular formula is C21H19N3O3. The highest BCUT2D eigenvalue weighted by atomic mass is 16.5. The van der Waals surface area contributed by atoms with Gasteiger partial charge in [0, 0.05) is 22.7 Å². The molecular weight excluding hydrogens is 342 g/mol. The first-order chi connectivity index (χ1) is 13.1. The van der Waals surface area contributed by atoms with Crippen molar-refractivity contribution in [1.29, 1.82) is 0 Å². The second kappa shape index (κ2) is 6.64. The molecule has 0 bridgehead atoms. The molecule has 2 aromatic heterocycles. The Hall–Kier alpha value is -3.54. The Morgan fingerprint density at radius 3 is 2.30 bits per heavy atom. The molecule has 0 atom stereocenters. The van der Waals surface area contributed by atoms with E-state index in [1.807, 2.05) is 18.2 Å². The Kier molecular flexibility index (Phi) is 4.16. The molecule has 0 saturated heterocycles. The van der Waals surface area contributed by atoms with Crippen LogP contribution in [-0.4, -0.2) is 34.5 Å². The summed E-state index contributed by atoms with van der Waals surface area (Å²) in [4.78, 5) is 4.83. The maximum absolute atomic E-state index is 10.1. The summed E-state index contributed by atoms with van der Waals surface area (Å²) in [6.45, 7) is 2.05. The van der Waals surface area contributed by atoms with Crippen LogP contribution < -0.4 is 9.47 Å². The van der Waals surface area contributed by atoms with E-state index in [-0.39, 0.29) is 5.75 Å². The van der Waals surface area contributed by atoms with Crippen LogP contribution in [0, 0.1) is 6.92 Å². The van der Waals surface area contributed by atoms with E-state index in [0.717, 1.165) is 39.0 Å². The number of nitrogens with zero attached hydrogens (tertiary/aromatic N) is 2. The first kappa shape index (κ1) is 16.9. The fourth-order valence-corrected chi connectivity index (χ4v) is 3.18. The Labute approximate surface area is 156 Å². The van der Waals surface area contributed by atoms with Crippen molar-refractivity contribution in [1.82, 2.24) is 15.2 Å². The SMILES string of the molecule is COc1cc(-c2cc(C)c3ccc(-c4ccn[nH]4)cc3n2)cc(OC)c1O. The van der Waals surface area contributed by atoms with Gasteiger partial charge in [0.1, 0.15) is 0 Å². The average molecular weight is 361 g/mol. The van der Waals surface area contributed by atoms with Crippen molar-refractivity contribution in [2.75, 3.05) is 14.2 Å². The fourth-order valence-electron chi connectivity index (χ4n) is 3.18. The quantitative estimate of drug-likeness (QED) is 0.566. The molecule has 0 spiro atoms. The van der Waals surface area contributed by atoms with Crippen LogP contribution in [0.3, 0.4) is 0 Å². The fraction of sp³-hybridized carbons (Fsp3) is 0.143. The molecule has 0 saturated carbocycles. The molecule has 136 valence electrons. The number of H-pyrrole nitrogens is 1. The van der Waals surface area contributed by atoms with Gasteiger partial charge in [-0.25, -0.2) is 4.98 Å². The number of hydrogen-bond acceptors (Lipinski definition) is 5. The van der Waals surface area contributed by atoms with Crippen LogP contribution in [0.2, 0.25) is 0 Å². The van der Waals surface area contributed by atoms with Gasteiger partial charge in [-0.1, -0.05) is 12.1 Å². The van der Waals surface area contributed by atoms with Crippen molar-refractivity contribution >= 4 is 10.9 Å². The molecule has 6 heteroatoms. The zero-order chi connectivity index (χ0) is 19.0. The number of hydrogen-bond donors (Lipinski definition) is 2. The van der Waals surface area contributed by atoms with Crippen LogP contribution in [-0.2, 0) is 0 Å². The molecule has 0 aliphatic rings. The summed E-state index contributed by atoms with van der Waals surface area (Å²) in [7, 11) is 3.02. The van der Waals surface area contributed by atoms with Gasteiger partial charge in [0.25, 0.3) is 0 Å². The standard InChI is InChI=1S/C21H19N3O3/c1-12-8-17(14-10-19(26-2)21(25)20(11-14)27-3)23-18-9-13(4-5-15(12)18)16-6-7-22-24-16/h4-11,25H,1-3H3,(H,22,24). The predicted molar refractivity (Wildman–Crippen MR) is 104 cm³/mol. The number of aromatic hydroxyl groups is 1. The molecule has 2 aromatic carbocycles. The lowest BCUT2D eigenvalue weighted by molar-refractivity contribution is 0.340. The van der Waals surface area contributed by atoms with Crippen molar-refractivity contribution < 1.29 is 14.6 Å². The highest BCUT2D eigenvalue weighted by molar-refractivity contribution is 5.88. The minimum atomic E-state index is -0.0252. The zero-order valence-electron chi connectivity index (χ0n) is 15.3. The number of aromatic nitrogens is 3. The number of phenolic OH excluding ortho intramolecular Hbond substituents is 1. The molecule has 0 aliphatic carbocycles. The summed E-state index contributed by atoms with van der Waals surface area (Å²) in [6.07, 6.45) is 1.73. The number of ether oxygens (including phenoxy) is 2. The summed E-state index contributed by atoms with van der Waals surface area (Å²) in [6, 6.07) is 13.6. The maximum atomic E-state index is 10.1. The number of pyridine rings is 1. The molecule has 0 radical (unpaired) electrons. The van der Waals surface area contributed by atoms with Gasteiger partial charge in [0.15, 0.2) is 11.5 Å². The van der Waals surface area contributed by atoms with Gasteiger partial charge < -0.3 is 14.6 Å². The third-order valence-corrected chi connectivity index (χ3v) is 4.60. The van der Waals surface area contributed by atoms with Crippen LogP contribution in [0.1, 0.15) is 5.56 Å². The van der Waals surface area contributed by atoms with Crippen molar-refractivity contribution in [3.63, 3.8) is 0 Å².